The molecule has 3 rings (SSSR count). The molecule has 0 fully saturated rings. The summed E-state index contributed by atoms with van der Waals surface area (Å²) in [6.07, 6.45) is 0.115. The third-order valence-electron chi connectivity index (χ3n) is 3.80. The van der Waals surface area contributed by atoms with Gasteiger partial charge in [-0.3, -0.25) is 0 Å². The third kappa shape index (κ3) is 3.02. The van der Waals surface area contributed by atoms with E-state index in [1.807, 2.05) is 18.2 Å². The Morgan fingerprint density at radius 1 is 0.952 bits per heavy atom. The first-order valence-electron chi connectivity index (χ1n) is 7.06. The third-order valence-corrected chi connectivity index (χ3v) is 4.69. The van der Waals surface area contributed by atoms with Crippen LogP contribution in [0.15, 0.2) is 65.1 Å². The largest absolute Gasteiger partial charge is 0.388 e. The van der Waals surface area contributed by atoms with Crippen molar-refractivity contribution in [3.63, 3.8) is 0 Å². The minimum absolute atomic E-state index is 0.508. The Bertz CT molecular complexity index is 762. The van der Waals surface area contributed by atoms with Crippen LogP contribution < -0.4 is 0 Å². The molecule has 0 saturated heterocycles. The molecule has 0 aliphatic rings. The lowest BCUT2D eigenvalue weighted by atomic mass is 9.98. The van der Waals surface area contributed by atoms with Crippen LogP contribution in [0, 0.1) is 6.92 Å². The Kier molecular flexibility index (Phi) is 4.09. The van der Waals surface area contributed by atoms with Gasteiger partial charge in [-0.15, -0.1) is 0 Å². The fraction of sp³-hybridized carbons (Fsp3) is 0.158. The Labute approximate surface area is 133 Å². The van der Waals surface area contributed by atoms with Crippen molar-refractivity contribution in [1.29, 1.82) is 0 Å². The number of hydrogen-bond donors (Lipinski definition) is 1. The van der Waals surface area contributed by atoms with Crippen molar-refractivity contribution < 1.29 is 5.11 Å². The van der Waals surface area contributed by atoms with E-state index in [1.165, 1.54) is 10.9 Å². The highest BCUT2D eigenvalue weighted by Gasteiger charge is 2.14. The molecular formula is C19H17BrO. The predicted octanol–water partition coefficient (Wildman–Crippen LogP) is 5.19. The molecule has 0 bridgehead atoms. The lowest BCUT2D eigenvalue weighted by Crippen LogP contribution is -2.03. The second kappa shape index (κ2) is 6.00. The highest BCUT2D eigenvalue weighted by molar-refractivity contribution is 9.10. The first-order chi connectivity index (χ1) is 10.1. The van der Waals surface area contributed by atoms with Gasteiger partial charge >= 0.3 is 0 Å². The number of aliphatic hydroxyl groups excluding tert-OH is 1. The smallest absolute Gasteiger partial charge is 0.0841 e. The van der Waals surface area contributed by atoms with E-state index in [1.54, 1.807) is 0 Å². The van der Waals surface area contributed by atoms with Gasteiger partial charge in [0.2, 0.25) is 0 Å². The van der Waals surface area contributed by atoms with Crippen molar-refractivity contribution in [2.75, 3.05) is 0 Å². The molecule has 2 heteroatoms. The number of aryl methyl sites for hydroxylation is 1. The van der Waals surface area contributed by atoms with E-state index in [0.29, 0.717) is 6.42 Å². The SMILES string of the molecule is Cc1ccc(CC(O)c2ccc3ccccc3c2Br)cc1. The maximum atomic E-state index is 10.6. The summed E-state index contributed by atoms with van der Waals surface area (Å²) in [5, 5.41) is 12.9. The molecule has 3 aromatic rings. The molecule has 0 saturated carbocycles. The molecule has 1 N–H and O–H groups in total. The van der Waals surface area contributed by atoms with Crippen molar-refractivity contribution in [2.45, 2.75) is 19.4 Å². The zero-order valence-electron chi connectivity index (χ0n) is 11.9. The van der Waals surface area contributed by atoms with Crippen LogP contribution in [-0.4, -0.2) is 5.11 Å². The summed E-state index contributed by atoms with van der Waals surface area (Å²) in [4.78, 5) is 0. The molecular weight excluding hydrogens is 324 g/mol. The number of rotatable bonds is 3. The predicted molar refractivity (Wildman–Crippen MR) is 91.5 cm³/mol. The number of benzene rings is 3. The molecule has 0 spiro atoms. The number of hydrogen-bond acceptors (Lipinski definition) is 1. The quantitative estimate of drug-likeness (QED) is 0.695. The van der Waals surface area contributed by atoms with Gasteiger partial charge in [0.15, 0.2) is 0 Å². The van der Waals surface area contributed by atoms with Crippen LogP contribution in [0.2, 0.25) is 0 Å². The van der Waals surface area contributed by atoms with Gasteiger partial charge in [-0.2, -0.15) is 0 Å². The zero-order valence-corrected chi connectivity index (χ0v) is 13.5. The van der Waals surface area contributed by atoms with Crippen LogP contribution in [-0.2, 0) is 6.42 Å². The number of aliphatic hydroxyl groups is 1. The molecule has 1 nitrogen and oxygen atoms in total. The van der Waals surface area contributed by atoms with Gasteiger partial charge in [0, 0.05) is 10.9 Å². The highest BCUT2D eigenvalue weighted by atomic mass is 79.9. The van der Waals surface area contributed by atoms with Crippen molar-refractivity contribution in [3.8, 4) is 0 Å². The average Bonchev–Trinajstić information content (AvgIpc) is 2.50. The Morgan fingerprint density at radius 2 is 1.67 bits per heavy atom. The van der Waals surface area contributed by atoms with Crippen LogP contribution in [0.1, 0.15) is 22.8 Å². The van der Waals surface area contributed by atoms with E-state index in [2.05, 4.69) is 65.3 Å². The lowest BCUT2D eigenvalue weighted by molar-refractivity contribution is 0.178. The maximum Gasteiger partial charge on any atom is 0.0841 e. The van der Waals surface area contributed by atoms with E-state index in [4.69, 9.17) is 0 Å². The lowest BCUT2D eigenvalue weighted by Gasteiger charge is -2.15. The Morgan fingerprint density at radius 3 is 2.43 bits per heavy atom. The summed E-state index contributed by atoms with van der Waals surface area (Å²) in [5.74, 6) is 0. The molecule has 0 amide bonds. The van der Waals surface area contributed by atoms with Crippen LogP contribution in [0.25, 0.3) is 10.8 Å². The van der Waals surface area contributed by atoms with Crippen molar-refractivity contribution in [3.05, 3.63) is 81.8 Å². The van der Waals surface area contributed by atoms with Gasteiger partial charge in [0.25, 0.3) is 0 Å². The number of halogens is 1. The molecule has 1 atom stereocenters. The fourth-order valence-electron chi connectivity index (χ4n) is 2.57. The van der Waals surface area contributed by atoms with Crippen molar-refractivity contribution in [1.82, 2.24) is 0 Å². The molecule has 0 aliphatic carbocycles. The topological polar surface area (TPSA) is 20.2 Å². The van der Waals surface area contributed by atoms with Crippen LogP contribution >= 0.6 is 15.9 Å². The molecule has 0 radical (unpaired) electrons. The molecule has 1 unspecified atom stereocenters. The van der Waals surface area contributed by atoms with Gasteiger partial charge < -0.3 is 5.11 Å². The maximum absolute atomic E-state index is 10.6. The van der Waals surface area contributed by atoms with Gasteiger partial charge in [-0.1, -0.05) is 66.2 Å². The monoisotopic (exact) mass is 340 g/mol. The molecule has 0 heterocycles. The summed E-state index contributed by atoms with van der Waals surface area (Å²) in [5.41, 5.74) is 3.32. The van der Waals surface area contributed by atoms with E-state index < -0.39 is 6.10 Å². The zero-order chi connectivity index (χ0) is 14.8. The Balaban J connectivity index is 1.92. The summed E-state index contributed by atoms with van der Waals surface area (Å²) in [7, 11) is 0. The molecule has 3 aromatic carbocycles. The highest BCUT2D eigenvalue weighted by Crippen LogP contribution is 2.32. The van der Waals surface area contributed by atoms with E-state index in [9.17, 15) is 5.11 Å². The van der Waals surface area contributed by atoms with E-state index in [-0.39, 0.29) is 0 Å². The first-order valence-corrected chi connectivity index (χ1v) is 7.85. The van der Waals surface area contributed by atoms with Crippen molar-refractivity contribution >= 4 is 26.7 Å². The minimum atomic E-state index is -0.508. The van der Waals surface area contributed by atoms with Gasteiger partial charge in [-0.25, -0.2) is 0 Å². The Hall–Kier alpha value is -1.64. The molecule has 0 aromatic heterocycles. The van der Waals surface area contributed by atoms with Crippen LogP contribution in [0.3, 0.4) is 0 Å². The van der Waals surface area contributed by atoms with E-state index >= 15 is 0 Å². The first kappa shape index (κ1) is 14.3. The van der Waals surface area contributed by atoms with Crippen molar-refractivity contribution in [2.24, 2.45) is 0 Å². The summed E-state index contributed by atoms with van der Waals surface area (Å²) in [6, 6.07) is 20.6. The minimum Gasteiger partial charge on any atom is -0.388 e. The molecule has 21 heavy (non-hydrogen) atoms. The molecule has 106 valence electrons. The van der Waals surface area contributed by atoms with Crippen LogP contribution in [0.4, 0.5) is 0 Å². The normalized spacial score (nSPS) is 12.5. The van der Waals surface area contributed by atoms with E-state index in [0.717, 1.165) is 21.0 Å². The standard InChI is InChI=1S/C19H17BrO/c1-13-6-8-14(9-7-13)12-18(21)17-11-10-15-4-2-3-5-16(15)19(17)20/h2-11,18,21H,12H2,1H3. The number of fused-ring (bicyclic) bond motifs is 1. The summed E-state index contributed by atoms with van der Waals surface area (Å²) in [6.45, 7) is 2.07. The average molecular weight is 341 g/mol. The second-order valence-electron chi connectivity index (χ2n) is 5.40. The summed E-state index contributed by atoms with van der Waals surface area (Å²) >= 11 is 3.65. The second-order valence-corrected chi connectivity index (χ2v) is 6.19. The van der Waals surface area contributed by atoms with Gasteiger partial charge in [0.05, 0.1) is 6.10 Å². The fourth-order valence-corrected chi connectivity index (χ4v) is 3.32. The summed E-state index contributed by atoms with van der Waals surface area (Å²) < 4.78 is 0.986. The van der Waals surface area contributed by atoms with Gasteiger partial charge in [-0.05, 0) is 44.8 Å². The molecule has 0 aliphatic heterocycles. The van der Waals surface area contributed by atoms with Crippen LogP contribution in [0.5, 0.6) is 0 Å². The van der Waals surface area contributed by atoms with Gasteiger partial charge in [0.1, 0.15) is 0 Å².